The lowest BCUT2D eigenvalue weighted by Crippen LogP contribution is -2.32. The molecule has 0 saturated carbocycles. The molecule has 3 N–H and O–H groups in total. The number of carbonyl (C=O) groups excluding carboxylic acids is 1. The van der Waals surface area contributed by atoms with Gasteiger partial charge in [-0.2, -0.15) is 0 Å². The summed E-state index contributed by atoms with van der Waals surface area (Å²) < 4.78 is 10.8. The molecule has 224 valence electrons. The molecule has 2 fully saturated rings. The van der Waals surface area contributed by atoms with Crippen molar-refractivity contribution in [3.05, 3.63) is 59.2 Å². The number of hydrogen-bond acceptors (Lipinski definition) is 7. The fourth-order valence-corrected chi connectivity index (χ4v) is 5.80. The molecule has 2 aromatic carbocycles. The molecule has 4 rings (SSSR count). The Morgan fingerprint density at radius 1 is 1.12 bits per heavy atom. The number of benzene rings is 2. The van der Waals surface area contributed by atoms with Gasteiger partial charge in [0.05, 0.1) is 18.3 Å². The first-order valence-electron chi connectivity index (χ1n) is 13.9. The van der Waals surface area contributed by atoms with Crippen LogP contribution in [0, 0.1) is 11.3 Å². The van der Waals surface area contributed by atoms with Gasteiger partial charge in [-0.3, -0.25) is 10.2 Å². The normalized spacial score (nSPS) is 20.8. The lowest BCUT2D eigenvalue weighted by molar-refractivity contribution is -0.143. The van der Waals surface area contributed by atoms with E-state index in [9.17, 15) is 14.7 Å². The Kier molecular flexibility index (Phi) is 11.0. The number of aromatic hydroxyl groups is 1. The van der Waals surface area contributed by atoms with Gasteiger partial charge in [0, 0.05) is 50.4 Å². The zero-order chi connectivity index (χ0) is 29.0. The number of anilines is 1. The van der Waals surface area contributed by atoms with Crippen LogP contribution in [0.15, 0.2) is 42.5 Å². The third-order valence-corrected chi connectivity index (χ3v) is 7.90. The average molecular weight is 633 g/mol. The van der Waals surface area contributed by atoms with Crippen molar-refractivity contribution in [1.82, 2.24) is 4.90 Å². The van der Waals surface area contributed by atoms with Crippen LogP contribution in [0.4, 0.5) is 5.69 Å². The zero-order valence-electron chi connectivity index (χ0n) is 24.3. The Hall–Kier alpha value is -2.95. The largest absolute Gasteiger partial charge is 0.505 e. The third-order valence-electron chi connectivity index (χ3n) is 7.90. The van der Waals surface area contributed by atoms with Gasteiger partial charge in [-0.25, -0.2) is 4.79 Å². The molecule has 3 atom stereocenters. The summed E-state index contributed by atoms with van der Waals surface area (Å²) in [4.78, 5) is 28.5. The summed E-state index contributed by atoms with van der Waals surface area (Å²) in [5, 5.41) is 29.2. The second-order valence-electron chi connectivity index (χ2n) is 11.8. The number of amidine groups is 1. The van der Waals surface area contributed by atoms with E-state index in [0.29, 0.717) is 55.3 Å². The number of methoxy groups -OCH3 is 1. The standard InChI is InChI=1S/C31H41N3O6.BrH/c1-31(2,3)24-14-22(15-25(29(24)38)33-12-10-23(17-33)40-19-27(36)37)26(35)18-34-16-21(11-13-39-4)28(30(34)32)20-8-6-5-7-9-20;/h5-9,14-15,21,23,28,32,38H,10-13,16-19H2,1-4H3,(H,36,37);1H/t21-,23?,28+;/m0./s1. The molecule has 41 heavy (non-hydrogen) atoms. The molecule has 2 aliphatic rings. The Morgan fingerprint density at radius 3 is 2.46 bits per heavy atom. The lowest BCUT2D eigenvalue weighted by atomic mass is 9.84. The summed E-state index contributed by atoms with van der Waals surface area (Å²) >= 11 is 0. The SMILES string of the molecule is Br.COCC[C@H]1CN(CC(=O)c2cc(N3CCC(OCC(=O)O)C3)c(O)c(C(C)(C)C)c2)C(=N)[C@@H]1c1ccccc1. The zero-order valence-corrected chi connectivity index (χ0v) is 26.0. The summed E-state index contributed by atoms with van der Waals surface area (Å²) in [7, 11) is 1.68. The van der Waals surface area contributed by atoms with Gasteiger partial charge in [0.25, 0.3) is 0 Å². The number of carboxylic acids is 1. The van der Waals surface area contributed by atoms with E-state index >= 15 is 0 Å². The van der Waals surface area contributed by atoms with E-state index in [1.807, 2.05) is 60.9 Å². The maximum absolute atomic E-state index is 13.8. The molecule has 2 saturated heterocycles. The first-order chi connectivity index (χ1) is 19.0. The fourth-order valence-electron chi connectivity index (χ4n) is 5.80. The number of phenols is 1. The third kappa shape index (κ3) is 7.67. The molecule has 2 heterocycles. The number of nitrogens with one attached hydrogen (secondary N) is 1. The van der Waals surface area contributed by atoms with E-state index in [1.54, 1.807) is 19.2 Å². The lowest BCUT2D eigenvalue weighted by Gasteiger charge is -2.27. The van der Waals surface area contributed by atoms with Crippen LogP contribution in [0.1, 0.15) is 61.0 Å². The number of ketones is 1. The highest BCUT2D eigenvalue weighted by Crippen LogP contribution is 2.41. The van der Waals surface area contributed by atoms with Crippen LogP contribution in [-0.4, -0.2) is 85.3 Å². The first kappa shape index (κ1) is 32.6. The number of carboxylic acid groups (broad SMARTS) is 1. The molecule has 0 spiro atoms. The van der Waals surface area contributed by atoms with E-state index in [-0.39, 0.29) is 59.6 Å². The molecule has 2 aliphatic heterocycles. The Balaban J connectivity index is 0.00000462. The topological polar surface area (TPSA) is 123 Å². The number of ether oxygens (including phenoxy) is 2. The molecule has 0 radical (unpaired) electrons. The molecule has 1 unspecified atom stereocenters. The fraction of sp³-hybridized carbons (Fsp3) is 0.516. The number of Topliss-reactive ketones (excluding diaryl/α,β-unsaturated/α-hetero) is 1. The molecule has 10 heteroatoms. The quantitative estimate of drug-likeness (QED) is 0.301. The Labute approximate surface area is 252 Å². The summed E-state index contributed by atoms with van der Waals surface area (Å²) in [6, 6.07) is 13.5. The van der Waals surface area contributed by atoms with E-state index in [1.165, 1.54) is 0 Å². The molecular formula is C31H42BrN3O6. The molecule has 9 nitrogen and oxygen atoms in total. The first-order valence-corrected chi connectivity index (χ1v) is 13.9. The second-order valence-corrected chi connectivity index (χ2v) is 11.8. The summed E-state index contributed by atoms with van der Waals surface area (Å²) in [6.07, 6.45) is 1.16. The summed E-state index contributed by atoms with van der Waals surface area (Å²) in [6.45, 7) is 7.87. The van der Waals surface area contributed by atoms with Crippen molar-refractivity contribution in [3.63, 3.8) is 0 Å². The average Bonchev–Trinajstić information content (AvgIpc) is 3.50. The van der Waals surface area contributed by atoms with Gasteiger partial charge in [-0.1, -0.05) is 51.1 Å². The van der Waals surface area contributed by atoms with Gasteiger partial charge in [0.15, 0.2) is 5.78 Å². The molecule has 2 aromatic rings. The maximum Gasteiger partial charge on any atom is 0.329 e. The van der Waals surface area contributed by atoms with Gasteiger partial charge < -0.3 is 29.5 Å². The Bertz CT molecular complexity index is 1230. The molecule has 0 aromatic heterocycles. The van der Waals surface area contributed by atoms with Crippen LogP contribution in [0.3, 0.4) is 0 Å². The van der Waals surface area contributed by atoms with Crippen LogP contribution in [-0.2, 0) is 19.7 Å². The Morgan fingerprint density at radius 2 is 1.83 bits per heavy atom. The number of nitrogens with zero attached hydrogens (tertiary/aromatic N) is 2. The monoisotopic (exact) mass is 631 g/mol. The smallest absolute Gasteiger partial charge is 0.329 e. The van der Waals surface area contributed by atoms with E-state index in [2.05, 4.69) is 0 Å². The predicted octanol–water partition coefficient (Wildman–Crippen LogP) is 4.86. The number of rotatable bonds is 11. The maximum atomic E-state index is 13.8. The molecule has 0 bridgehead atoms. The summed E-state index contributed by atoms with van der Waals surface area (Å²) in [5.41, 5.74) is 2.35. The van der Waals surface area contributed by atoms with Gasteiger partial charge in [0.2, 0.25) is 0 Å². The van der Waals surface area contributed by atoms with E-state index < -0.39 is 11.4 Å². The van der Waals surface area contributed by atoms with Gasteiger partial charge >= 0.3 is 5.97 Å². The number of hydrogen-bond donors (Lipinski definition) is 3. The number of aliphatic carboxylic acids is 1. The predicted molar refractivity (Wildman–Crippen MR) is 164 cm³/mol. The van der Waals surface area contributed by atoms with E-state index in [0.717, 1.165) is 12.0 Å². The van der Waals surface area contributed by atoms with Gasteiger partial charge in [0.1, 0.15) is 18.2 Å². The van der Waals surface area contributed by atoms with Crippen LogP contribution >= 0.6 is 17.0 Å². The molecule has 0 amide bonds. The number of halogens is 1. The highest BCUT2D eigenvalue weighted by atomic mass is 79.9. The van der Waals surface area contributed by atoms with Gasteiger partial charge in [-0.05, 0) is 41.9 Å². The number of phenolic OH excluding ortho intramolecular Hbond substituents is 1. The van der Waals surface area contributed by atoms with Crippen LogP contribution in [0.5, 0.6) is 5.75 Å². The molecular weight excluding hydrogens is 590 g/mol. The van der Waals surface area contributed by atoms with Crippen molar-refractivity contribution < 1.29 is 29.3 Å². The van der Waals surface area contributed by atoms with Gasteiger partial charge in [-0.15, -0.1) is 17.0 Å². The minimum absolute atomic E-state index is 0. The van der Waals surface area contributed by atoms with Crippen molar-refractivity contribution in [3.8, 4) is 5.75 Å². The number of carbonyl (C=O) groups is 2. The highest BCUT2D eigenvalue weighted by molar-refractivity contribution is 8.93. The van der Waals surface area contributed by atoms with Crippen molar-refractivity contribution in [1.29, 1.82) is 5.41 Å². The van der Waals surface area contributed by atoms with Crippen molar-refractivity contribution >= 4 is 40.3 Å². The van der Waals surface area contributed by atoms with Crippen molar-refractivity contribution in [2.24, 2.45) is 5.92 Å². The minimum Gasteiger partial charge on any atom is -0.505 e. The highest BCUT2D eigenvalue weighted by Gasteiger charge is 2.39. The molecule has 0 aliphatic carbocycles. The summed E-state index contributed by atoms with van der Waals surface area (Å²) in [5.74, 6) is -0.509. The van der Waals surface area contributed by atoms with Crippen LogP contribution in [0.25, 0.3) is 0 Å². The van der Waals surface area contributed by atoms with Crippen molar-refractivity contribution in [2.45, 2.75) is 51.0 Å². The van der Waals surface area contributed by atoms with Crippen molar-refractivity contribution in [2.75, 3.05) is 51.4 Å². The van der Waals surface area contributed by atoms with Crippen LogP contribution < -0.4 is 4.90 Å². The van der Waals surface area contributed by atoms with Crippen LogP contribution in [0.2, 0.25) is 0 Å². The minimum atomic E-state index is -1.02. The van der Waals surface area contributed by atoms with E-state index in [4.69, 9.17) is 20.0 Å². The second kappa shape index (κ2) is 13.8. The number of likely N-dealkylation sites (tertiary alicyclic amines) is 1.